The molecule has 2 saturated heterocycles. The highest BCUT2D eigenvalue weighted by Gasteiger charge is 2.66. The normalized spacial score (nSPS) is 42.2. The van der Waals surface area contributed by atoms with Gasteiger partial charge in [0.15, 0.2) is 0 Å². The number of rotatable bonds is 2. The first kappa shape index (κ1) is 22.9. The van der Waals surface area contributed by atoms with E-state index in [9.17, 15) is 8.78 Å². The van der Waals surface area contributed by atoms with E-state index in [0.717, 1.165) is 38.5 Å². The van der Waals surface area contributed by atoms with Crippen LogP contribution in [0.5, 0.6) is 0 Å². The molecule has 6 aliphatic rings. The molecule has 194 valence electrons. The molecular formula is C33H37F2NO. The number of halogens is 2. The number of nitrogens with zero attached hydrogens (tertiary/aromatic N) is 1. The van der Waals surface area contributed by atoms with Crippen LogP contribution in [0.25, 0.3) is 10.8 Å². The number of ether oxygens (including phenoxy) is 1. The topological polar surface area (TPSA) is 12.5 Å². The molecule has 2 aromatic rings. The lowest BCUT2D eigenvalue weighted by atomic mass is 9.58. The van der Waals surface area contributed by atoms with Crippen molar-refractivity contribution in [3.63, 3.8) is 0 Å². The number of hydrogen-bond donors (Lipinski definition) is 0. The van der Waals surface area contributed by atoms with Crippen molar-refractivity contribution in [2.75, 3.05) is 13.1 Å². The van der Waals surface area contributed by atoms with Crippen LogP contribution in [0.1, 0.15) is 76.2 Å². The van der Waals surface area contributed by atoms with Gasteiger partial charge in [-0.3, -0.25) is 4.90 Å². The molecule has 0 N–H and O–H groups in total. The Morgan fingerprint density at radius 1 is 0.973 bits per heavy atom. The lowest BCUT2D eigenvalue weighted by molar-refractivity contribution is -0.141. The maximum Gasteiger partial charge on any atom is 0.261 e. The fraction of sp³-hybridized carbons (Fsp3) is 0.576. The van der Waals surface area contributed by atoms with E-state index in [4.69, 9.17) is 4.74 Å². The van der Waals surface area contributed by atoms with Crippen LogP contribution in [0.3, 0.4) is 0 Å². The average molecular weight is 502 g/mol. The molecule has 2 bridgehead atoms. The molecule has 0 amide bonds. The second-order valence-corrected chi connectivity index (χ2v) is 13.3. The molecule has 3 heterocycles. The predicted octanol–water partition coefficient (Wildman–Crippen LogP) is 7.79. The van der Waals surface area contributed by atoms with Crippen molar-refractivity contribution in [3.8, 4) is 0 Å². The molecule has 37 heavy (non-hydrogen) atoms. The Morgan fingerprint density at radius 3 is 2.68 bits per heavy atom. The molecular weight excluding hydrogens is 464 g/mol. The Morgan fingerprint density at radius 2 is 1.84 bits per heavy atom. The van der Waals surface area contributed by atoms with Gasteiger partial charge in [0.05, 0.1) is 17.7 Å². The van der Waals surface area contributed by atoms with Crippen LogP contribution in [0.2, 0.25) is 0 Å². The highest BCUT2D eigenvalue weighted by Crippen LogP contribution is 2.69. The standard InChI is InChI=1S/C33H37F2NO/c1-30-13-12-26-19-25-8-9-27(36-17-16-32(34,35)21-36)20-31(25)14-15-33(26,37-31)29(30)11-10-28(30)24-7-6-22-4-2-3-5-23(22)18-24/h2-7,12,18-19,27-29H,8-11,13-17,20-21H2,1H3/t27-,28-,29-,30-,31?,33-/m1/s1. The Kier molecular flexibility index (Phi) is 4.67. The van der Waals surface area contributed by atoms with Gasteiger partial charge in [-0.1, -0.05) is 61.5 Å². The zero-order chi connectivity index (χ0) is 25.0. The van der Waals surface area contributed by atoms with E-state index >= 15 is 0 Å². The molecule has 3 aliphatic carbocycles. The van der Waals surface area contributed by atoms with E-state index in [1.807, 2.05) is 0 Å². The van der Waals surface area contributed by atoms with Crippen LogP contribution in [0.15, 0.2) is 65.8 Å². The van der Waals surface area contributed by atoms with Gasteiger partial charge in [0.2, 0.25) is 0 Å². The molecule has 2 spiro atoms. The zero-order valence-electron chi connectivity index (χ0n) is 21.8. The molecule has 2 saturated carbocycles. The summed E-state index contributed by atoms with van der Waals surface area (Å²) in [4.78, 5) is 2.07. The van der Waals surface area contributed by atoms with Crippen LogP contribution in [0, 0.1) is 11.3 Å². The lowest BCUT2D eigenvalue weighted by Crippen LogP contribution is -2.55. The van der Waals surface area contributed by atoms with Crippen LogP contribution >= 0.6 is 0 Å². The predicted molar refractivity (Wildman–Crippen MR) is 143 cm³/mol. The third kappa shape index (κ3) is 3.15. The minimum Gasteiger partial charge on any atom is -0.359 e. The number of hydrogen-bond acceptors (Lipinski definition) is 2. The quantitative estimate of drug-likeness (QED) is 0.416. The number of benzene rings is 2. The van der Waals surface area contributed by atoms with Gasteiger partial charge in [-0.2, -0.15) is 0 Å². The minimum absolute atomic E-state index is 0.00741. The monoisotopic (exact) mass is 501 g/mol. The van der Waals surface area contributed by atoms with Gasteiger partial charge in [-0.15, -0.1) is 0 Å². The first-order valence-electron chi connectivity index (χ1n) is 14.5. The van der Waals surface area contributed by atoms with Crippen molar-refractivity contribution in [2.45, 2.75) is 93.8 Å². The molecule has 0 radical (unpaired) electrons. The molecule has 8 rings (SSSR count). The third-order valence-electron chi connectivity index (χ3n) is 11.5. The molecule has 4 heteroatoms. The summed E-state index contributed by atoms with van der Waals surface area (Å²) in [7, 11) is 0. The summed E-state index contributed by atoms with van der Waals surface area (Å²) >= 11 is 0. The largest absolute Gasteiger partial charge is 0.359 e. The van der Waals surface area contributed by atoms with Gasteiger partial charge in [-0.05, 0) is 96.1 Å². The van der Waals surface area contributed by atoms with Gasteiger partial charge in [-0.25, -0.2) is 8.78 Å². The number of fused-ring (bicyclic) bond motifs is 2. The SMILES string of the molecule is C[C@]12CC=C3C=C4CC[C@@H](N5CCC(F)(F)C5)CC45CC[C@]3(O5)[C@@H]1CC[C@@H]2c1ccc2ccccc2c1. The highest BCUT2D eigenvalue weighted by atomic mass is 19.3. The first-order valence-corrected chi connectivity index (χ1v) is 14.5. The summed E-state index contributed by atoms with van der Waals surface area (Å²) in [6, 6.07) is 16.0. The van der Waals surface area contributed by atoms with Crippen molar-refractivity contribution in [2.24, 2.45) is 11.3 Å². The van der Waals surface area contributed by atoms with Crippen LogP contribution < -0.4 is 0 Å². The Balaban J connectivity index is 1.12. The maximum absolute atomic E-state index is 14.0. The summed E-state index contributed by atoms with van der Waals surface area (Å²) in [5.74, 6) is -1.49. The van der Waals surface area contributed by atoms with E-state index in [0.29, 0.717) is 18.4 Å². The summed E-state index contributed by atoms with van der Waals surface area (Å²) in [6.45, 7) is 2.98. The maximum atomic E-state index is 14.0. The average Bonchev–Trinajstić information content (AvgIpc) is 3.54. The zero-order valence-corrected chi connectivity index (χ0v) is 21.8. The second kappa shape index (κ2) is 7.54. The summed E-state index contributed by atoms with van der Waals surface area (Å²) in [5.41, 5.74) is 4.10. The van der Waals surface area contributed by atoms with Gasteiger partial charge < -0.3 is 4.74 Å². The van der Waals surface area contributed by atoms with Gasteiger partial charge >= 0.3 is 0 Å². The fourth-order valence-electron chi connectivity index (χ4n) is 9.74. The third-order valence-corrected chi connectivity index (χ3v) is 11.5. The lowest BCUT2D eigenvalue weighted by Gasteiger charge is -2.55. The Labute approximate surface area is 218 Å². The number of allylic oxidation sites excluding steroid dienone is 1. The van der Waals surface area contributed by atoms with Gasteiger partial charge in [0.25, 0.3) is 5.92 Å². The van der Waals surface area contributed by atoms with E-state index in [1.54, 1.807) is 0 Å². The van der Waals surface area contributed by atoms with E-state index in [2.05, 4.69) is 66.4 Å². The van der Waals surface area contributed by atoms with Crippen LogP contribution in [0.4, 0.5) is 8.78 Å². The van der Waals surface area contributed by atoms with Gasteiger partial charge in [0.1, 0.15) is 0 Å². The molecule has 3 aliphatic heterocycles. The van der Waals surface area contributed by atoms with Crippen molar-refractivity contribution >= 4 is 10.8 Å². The molecule has 2 nitrogen and oxygen atoms in total. The Bertz CT molecular complexity index is 1350. The minimum atomic E-state index is -2.53. The highest BCUT2D eigenvalue weighted by molar-refractivity contribution is 5.83. The van der Waals surface area contributed by atoms with E-state index in [1.165, 1.54) is 40.3 Å². The smallest absolute Gasteiger partial charge is 0.261 e. The fourth-order valence-corrected chi connectivity index (χ4v) is 9.74. The molecule has 4 fully saturated rings. The van der Waals surface area contributed by atoms with Crippen molar-refractivity contribution in [3.05, 3.63) is 71.3 Å². The number of alkyl halides is 2. The molecule has 0 aromatic heterocycles. The summed E-state index contributed by atoms with van der Waals surface area (Å²) in [6.07, 6.45) is 13.5. The second-order valence-electron chi connectivity index (χ2n) is 13.3. The van der Waals surface area contributed by atoms with Crippen LogP contribution in [-0.4, -0.2) is 41.2 Å². The summed E-state index contributed by atoms with van der Waals surface area (Å²) < 4.78 is 35.5. The van der Waals surface area contributed by atoms with Crippen molar-refractivity contribution < 1.29 is 13.5 Å². The first-order chi connectivity index (χ1) is 17.8. The Hall–Kier alpha value is -2.04. The van der Waals surface area contributed by atoms with E-state index in [-0.39, 0.29) is 35.6 Å². The molecule has 2 aromatic carbocycles. The molecule has 1 unspecified atom stereocenters. The molecule has 6 atom stereocenters. The van der Waals surface area contributed by atoms with Crippen molar-refractivity contribution in [1.29, 1.82) is 0 Å². The number of likely N-dealkylation sites (tertiary alicyclic amines) is 1. The van der Waals surface area contributed by atoms with E-state index < -0.39 is 5.92 Å². The summed E-state index contributed by atoms with van der Waals surface area (Å²) in [5, 5.41) is 2.64. The van der Waals surface area contributed by atoms with Crippen molar-refractivity contribution in [1.82, 2.24) is 4.90 Å². The van der Waals surface area contributed by atoms with Gasteiger partial charge in [0, 0.05) is 19.0 Å². The van der Waals surface area contributed by atoms with Crippen LogP contribution in [-0.2, 0) is 4.74 Å².